The van der Waals surface area contributed by atoms with Gasteiger partial charge >= 0.3 is 0 Å². The quantitative estimate of drug-likeness (QED) is 0.655. The van der Waals surface area contributed by atoms with Crippen LogP contribution in [0.4, 0.5) is 0 Å². The Morgan fingerprint density at radius 1 is 1.44 bits per heavy atom. The highest BCUT2D eigenvalue weighted by molar-refractivity contribution is 9.10. The summed E-state index contributed by atoms with van der Waals surface area (Å²) in [5.74, 6) is 6.33. The zero-order chi connectivity index (χ0) is 13.0. The number of nitrogens with one attached hydrogen (secondary N) is 1. The van der Waals surface area contributed by atoms with E-state index in [9.17, 15) is 0 Å². The van der Waals surface area contributed by atoms with Gasteiger partial charge in [-0.2, -0.15) is 0 Å². The van der Waals surface area contributed by atoms with Crippen molar-refractivity contribution < 1.29 is 4.74 Å². The van der Waals surface area contributed by atoms with Gasteiger partial charge in [-0.05, 0) is 52.7 Å². The van der Waals surface area contributed by atoms with Gasteiger partial charge in [-0.25, -0.2) is 0 Å². The highest BCUT2D eigenvalue weighted by Crippen LogP contribution is 2.34. The molecule has 1 aliphatic heterocycles. The van der Waals surface area contributed by atoms with Gasteiger partial charge in [0.2, 0.25) is 0 Å². The Morgan fingerprint density at radius 3 is 2.83 bits per heavy atom. The summed E-state index contributed by atoms with van der Waals surface area (Å²) in [5.41, 5.74) is 3.94. The molecule has 18 heavy (non-hydrogen) atoms. The summed E-state index contributed by atoms with van der Waals surface area (Å²) >= 11 is 9.77. The largest absolute Gasteiger partial charge is 0.381 e. The van der Waals surface area contributed by atoms with Gasteiger partial charge < -0.3 is 4.74 Å². The van der Waals surface area contributed by atoms with Crippen LogP contribution in [-0.4, -0.2) is 13.2 Å². The van der Waals surface area contributed by atoms with E-state index in [1.165, 1.54) is 0 Å². The van der Waals surface area contributed by atoms with Crippen molar-refractivity contribution in [3.63, 3.8) is 0 Å². The average molecular weight is 334 g/mol. The highest BCUT2D eigenvalue weighted by Gasteiger charge is 2.21. The molecular weight excluding hydrogens is 316 g/mol. The van der Waals surface area contributed by atoms with Gasteiger partial charge in [0, 0.05) is 23.7 Å². The first-order valence-electron chi connectivity index (χ1n) is 6.20. The number of hydrazine groups is 1. The van der Waals surface area contributed by atoms with Crippen LogP contribution < -0.4 is 11.3 Å². The van der Waals surface area contributed by atoms with Crippen molar-refractivity contribution in [1.82, 2.24) is 5.43 Å². The molecule has 3 nitrogen and oxygen atoms in total. The van der Waals surface area contributed by atoms with Gasteiger partial charge in [0.05, 0.1) is 5.02 Å². The fraction of sp³-hybridized carbons (Fsp3) is 0.538. The molecular formula is C13H18BrClN2O. The molecule has 100 valence electrons. The van der Waals surface area contributed by atoms with Crippen LogP contribution in [-0.2, 0) is 4.74 Å². The number of hydrogen-bond acceptors (Lipinski definition) is 3. The highest BCUT2D eigenvalue weighted by atomic mass is 79.9. The van der Waals surface area contributed by atoms with Crippen molar-refractivity contribution in [2.75, 3.05) is 13.2 Å². The normalized spacial score (nSPS) is 18.8. The zero-order valence-electron chi connectivity index (χ0n) is 10.2. The van der Waals surface area contributed by atoms with E-state index in [1.54, 1.807) is 0 Å². The maximum absolute atomic E-state index is 6.32. The summed E-state index contributed by atoms with van der Waals surface area (Å²) in [6, 6.07) is 6.04. The minimum absolute atomic E-state index is 0.0955. The van der Waals surface area contributed by atoms with Gasteiger partial charge in [0.25, 0.3) is 0 Å². The van der Waals surface area contributed by atoms with E-state index in [0.29, 0.717) is 5.92 Å². The Bertz CT molecular complexity index is 397. The van der Waals surface area contributed by atoms with Crippen molar-refractivity contribution >= 4 is 27.5 Å². The number of halogens is 2. The lowest BCUT2D eigenvalue weighted by Crippen LogP contribution is -2.31. The van der Waals surface area contributed by atoms with Crippen LogP contribution in [0.25, 0.3) is 0 Å². The third-order valence-corrected chi connectivity index (χ3v) is 4.78. The molecule has 0 saturated carbocycles. The van der Waals surface area contributed by atoms with E-state index >= 15 is 0 Å². The molecule has 0 aliphatic carbocycles. The molecule has 0 bridgehead atoms. The minimum Gasteiger partial charge on any atom is -0.381 e. The predicted octanol–water partition coefficient (Wildman–Crippen LogP) is 3.42. The van der Waals surface area contributed by atoms with Gasteiger partial charge in [-0.1, -0.05) is 23.7 Å². The summed E-state index contributed by atoms with van der Waals surface area (Å²) in [4.78, 5) is 0. The molecule has 0 amide bonds. The molecule has 1 aromatic carbocycles. The number of benzene rings is 1. The van der Waals surface area contributed by atoms with Crippen LogP contribution in [0.15, 0.2) is 22.7 Å². The van der Waals surface area contributed by atoms with Crippen LogP contribution in [0.2, 0.25) is 5.02 Å². The van der Waals surface area contributed by atoms with Crippen molar-refractivity contribution in [2.24, 2.45) is 11.8 Å². The molecule has 1 unspecified atom stereocenters. The summed E-state index contributed by atoms with van der Waals surface area (Å²) in [5, 5.41) is 0.743. The van der Waals surface area contributed by atoms with E-state index in [-0.39, 0.29) is 6.04 Å². The van der Waals surface area contributed by atoms with E-state index in [1.807, 2.05) is 18.2 Å². The number of rotatable bonds is 4. The summed E-state index contributed by atoms with van der Waals surface area (Å²) in [6.45, 7) is 1.71. The fourth-order valence-electron chi connectivity index (χ4n) is 2.39. The Morgan fingerprint density at radius 2 is 2.17 bits per heavy atom. The first kappa shape index (κ1) is 14.3. The lowest BCUT2D eigenvalue weighted by Gasteiger charge is -2.27. The molecule has 0 radical (unpaired) electrons. The van der Waals surface area contributed by atoms with Crippen molar-refractivity contribution in [1.29, 1.82) is 0 Å². The summed E-state index contributed by atoms with van der Waals surface area (Å²) in [6.07, 6.45) is 3.20. The molecule has 0 aromatic heterocycles. The van der Waals surface area contributed by atoms with E-state index in [2.05, 4.69) is 21.4 Å². The Hall–Kier alpha value is -0.130. The topological polar surface area (TPSA) is 47.3 Å². The lowest BCUT2D eigenvalue weighted by molar-refractivity contribution is 0.0605. The van der Waals surface area contributed by atoms with E-state index < -0.39 is 0 Å². The Kier molecular flexibility index (Phi) is 5.45. The molecule has 1 heterocycles. The maximum Gasteiger partial charge on any atom is 0.0596 e. The number of hydrogen-bond donors (Lipinski definition) is 2. The average Bonchev–Trinajstić information content (AvgIpc) is 2.41. The van der Waals surface area contributed by atoms with Crippen LogP contribution >= 0.6 is 27.5 Å². The molecule has 1 saturated heterocycles. The standard InChI is InChI=1S/C13H18BrClN2O/c14-11-3-1-2-10(13(11)15)12(17-16)8-9-4-6-18-7-5-9/h1-3,9,12,17H,4-8,16H2. The first-order valence-corrected chi connectivity index (χ1v) is 7.37. The fourth-order valence-corrected chi connectivity index (χ4v) is 3.03. The Labute approximate surface area is 121 Å². The molecule has 1 fully saturated rings. The Balaban J connectivity index is 2.09. The summed E-state index contributed by atoms with van der Waals surface area (Å²) < 4.78 is 6.29. The van der Waals surface area contributed by atoms with E-state index in [0.717, 1.165) is 47.5 Å². The van der Waals surface area contributed by atoms with Gasteiger partial charge in [0.15, 0.2) is 0 Å². The smallest absolute Gasteiger partial charge is 0.0596 e. The van der Waals surface area contributed by atoms with Crippen LogP contribution in [0.3, 0.4) is 0 Å². The van der Waals surface area contributed by atoms with Crippen molar-refractivity contribution in [3.05, 3.63) is 33.3 Å². The molecule has 1 aromatic rings. The third-order valence-electron chi connectivity index (χ3n) is 3.47. The monoisotopic (exact) mass is 332 g/mol. The molecule has 1 aliphatic rings. The molecule has 5 heteroatoms. The lowest BCUT2D eigenvalue weighted by atomic mass is 9.90. The van der Waals surface area contributed by atoms with Gasteiger partial charge in [0.1, 0.15) is 0 Å². The number of ether oxygens (including phenoxy) is 1. The SMILES string of the molecule is NNC(CC1CCOCC1)c1cccc(Br)c1Cl. The predicted molar refractivity (Wildman–Crippen MR) is 77.4 cm³/mol. The van der Waals surface area contributed by atoms with Gasteiger partial charge in [-0.15, -0.1) is 0 Å². The van der Waals surface area contributed by atoms with Gasteiger partial charge in [-0.3, -0.25) is 11.3 Å². The molecule has 1 atom stereocenters. The first-order chi connectivity index (χ1) is 8.72. The summed E-state index contributed by atoms with van der Waals surface area (Å²) in [7, 11) is 0. The van der Waals surface area contributed by atoms with Crippen LogP contribution in [0.1, 0.15) is 30.9 Å². The zero-order valence-corrected chi connectivity index (χ0v) is 12.5. The minimum atomic E-state index is 0.0955. The molecule has 0 spiro atoms. The maximum atomic E-state index is 6.32. The second-order valence-corrected chi connectivity index (χ2v) is 5.89. The third kappa shape index (κ3) is 3.45. The van der Waals surface area contributed by atoms with E-state index in [4.69, 9.17) is 22.2 Å². The van der Waals surface area contributed by atoms with Crippen molar-refractivity contribution in [2.45, 2.75) is 25.3 Å². The number of nitrogens with two attached hydrogens (primary N) is 1. The second-order valence-electron chi connectivity index (χ2n) is 4.65. The van der Waals surface area contributed by atoms with Crippen LogP contribution in [0.5, 0.6) is 0 Å². The molecule has 2 rings (SSSR count). The molecule has 3 N–H and O–H groups in total. The van der Waals surface area contributed by atoms with Crippen LogP contribution in [0, 0.1) is 5.92 Å². The second kappa shape index (κ2) is 6.87. The van der Waals surface area contributed by atoms with Crippen molar-refractivity contribution in [3.8, 4) is 0 Å².